The Bertz CT molecular complexity index is 353. The highest BCUT2D eigenvalue weighted by Gasteiger charge is 2.08. The van der Waals surface area contributed by atoms with Crippen molar-refractivity contribution in [2.45, 2.75) is 13.3 Å². The molecule has 1 rings (SSSR count). The Hall–Kier alpha value is -1.84. The van der Waals surface area contributed by atoms with Crippen LogP contribution in [0, 0.1) is 0 Å². The van der Waals surface area contributed by atoms with Gasteiger partial charge in [-0.25, -0.2) is 9.59 Å². The Morgan fingerprint density at radius 3 is 2.20 bits per heavy atom. The molecule has 0 bridgehead atoms. The van der Waals surface area contributed by atoms with Crippen LogP contribution in [0.4, 0.5) is 0 Å². The lowest BCUT2D eigenvalue weighted by atomic mass is 10.1. The van der Waals surface area contributed by atoms with Crippen molar-refractivity contribution in [3.63, 3.8) is 0 Å². The van der Waals surface area contributed by atoms with E-state index in [1.807, 2.05) is 6.92 Å². The maximum Gasteiger partial charge on any atom is 0.338 e. The fourth-order valence-corrected chi connectivity index (χ4v) is 1.03. The Kier molecular flexibility index (Phi) is 3.85. The van der Waals surface area contributed by atoms with Crippen LogP contribution in [0.2, 0.25) is 0 Å². The summed E-state index contributed by atoms with van der Waals surface area (Å²) in [5.74, 6) is -1.43. The van der Waals surface area contributed by atoms with E-state index in [-0.39, 0.29) is 5.56 Å². The first kappa shape index (κ1) is 11.2. The zero-order valence-electron chi connectivity index (χ0n) is 8.40. The predicted molar refractivity (Wildman–Crippen MR) is 54.0 cm³/mol. The molecule has 0 unspecified atom stereocenters. The second kappa shape index (κ2) is 5.14. The first-order valence-corrected chi connectivity index (χ1v) is 4.65. The molecular formula is C11H12O4. The summed E-state index contributed by atoms with van der Waals surface area (Å²) in [6.07, 6.45) is 0.763. The van der Waals surface area contributed by atoms with Crippen molar-refractivity contribution >= 4 is 11.9 Å². The normalized spacial score (nSPS) is 9.67. The van der Waals surface area contributed by atoms with Gasteiger partial charge in [-0.15, -0.1) is 0 Å². The summed E-state index contributed by atoms with van der Waals surface area (Å²) in [6, 6.07) is 5.65. The first-order chi connectivity index (χ1) is 7.15. The van der Waals surface area contributed by atoms with Gasteiger partial charge in [-0.2, -0.15) is 0 Å². The summed E-state index contributed by atoms with van der Waals surface area (Å²) in [6.45, 7) is 2.28. The Labute approximate surface area is 87.5 Å². The van der Waals surface area contributed by atoms with Gasteiger partial charge in [0, 0.05) is 0 Å². The number of hydrogen-bond donors (Lipinski definition) is 1. The smallest absolute Gasteiger partial charge is 0.338 e. The average molecular weight is 208 g/mol. The summed E-state index contributed by atoms with van der Waals surface area (Å²) in [7, 11) is 0. The van der Waals surface area contributed by atoms with Crippen LogP contribution in [-0.2, 0) is 4.74 Å². The summed E-state index contributed by atoms with van der Waals surface area (Å²) >= 11 is 0. The van der Waals surface area contributed by atoms with Gasteiger partial charge in [0.15, 0.2) is 0 Å². The minimum absolute atomic E-state index is 0.155. The summed E-state index contributed by atoms with van der Waals surface area (Å²) in [4.78, 5) is 21.9. The molecule has 0 fully saturated rings. The minimum atomic E-state index is -1.01. The zero-order chi connectivity index (χ0) is 11.3. The lowest BCUT2D eigenvalue weighted by molar-refractivity contribution is 0.0504. The van der Waals surface area contributed by atoms with Crippen molar-refractivity contribution in [2.24, 2.45) is 0 Å². The molecule has 0 aliphatic rings. The molecule has 0 aliphatic carbocycles. The van der Waals surface area contributed by atoms with E-state index in [1.54, 1.807) is 0 Å². The monoisotopic (exact) mass is 208 g/mol. The van der Waals surface area contributed by atoms with Gasteiger partial charge in [-0.1, -0.05) is 6.92 Å². The maximum absolute atomic E-state index is 11.3. The third-order valence-corrected chi connectivity index (χ3v) is 1.80. The van der Waals surface area contributed by atoms with Gasteiger partial charge < -0.3 is 9.84 Å². The Morgan fingerprint density at radius 2 is 1.73 bits per heavy atom. The van der Waals surface area contributed by atoms with Crippen LogP contribution in [0.25, 0.3) is 0 Å². The largest absolute Gasteiger partial charge is 0.478 e. The van der Waals surface area contributed by atoms with Gasteiger partial charge in [0.1, 0.15) is 0 Å². The van der Waals surface area contributed by atoms with Crippen molar-refractivity contribution in [3.05, 3.63) is 35.4 Å². The van der Waals surface area contributed by atoms with E-state index in [1.165, 1.54) is 24.3 Å². The fourth-order valence-electron chi connectivity index (χ4n) is 1.03. The summed E-state index contributed by atoms with van der Waals surface area (Å²) in [5.41, 5.74) is 0.524. The second-order valence-electron chi connectivity index (χ2n) is 3.02. The number of carboxylic acid groups (broad SMARTS) is 1. The van der Waals surface area contributed by atoms with E-state index in [0.29, 0.717) is 12.2 Å². The molecule has 0 spiro atoms. The van der Waals surface area contributed by atoms with Crippen molar-refractivity contribution in [1.29, 1.82) is 0 Å². The first-order valence-electron chi connectivity index (χ1n) is 4.65. The molecule has 1 aromatic rings. The number of hydrogen-bond acceptors (Lipinski definition) is 3. The molecule has 0 aromatic heterocycles. The van der Waals surface area contributed by atoms with E-state index in [9.17, 15) is 9.59 Å². The number of carboxylic acids is 1. The van der Waals surface area contributed by atoms with Crippen molar-refractivity contribution in [2.75, 3.05) is 6.61 Å². The van der Waals surface area contributed by atoms with Crippen LogP contribution in [-0.4, -0.2) is 23.7 Å². The van der Waals surface area contributed by atoms with E-state index < -0.39 is 11.9 Å². The Balaban J connectivity index is 2.71. The molecule has 0 amide bonds. The molecule has 0 saturated carbocycles. The predicted octanol–water partition coefficient (Wildman–Crippen LogP) is 1.95. The quantitative estimate of drug-likeness (QED) is 0.768. The third-order valence-electron chi connectivity index (χ3n) is 1.80. The number of ether oxygens (including phenoxy) is 1. The van der Waals surface area contributed by atoms with Crippen LogP contribution in [0.1, 0.15) is 34.1 Å². The van der Waals surface area contributed by atoms with Crippen LogP contribution in [0.5, 0.6) is 0 Å². The molecule has 4 heteroatoms. The van der Waals surface area contributed by atoms with Gasteiger partial charge in [-0.05, 0) is 30.7 Å². The molecule has 1 N–H and O–H groups in total. The molecule has 0 radical (unpaired) electrons. The summed E-state index contributed by atoms with van der Waals surface area (Å²) < 4.78 is 4.89. The van der Waals surface area contributed by atoms with Crippen LogP contribution in [0.15, 0.2) is 24.3 Å². The third kappa shape index (κ3) is 3.09. The number of aromatic carboxylic acids is 1. The maximum atomic E-state index is 11.3. The Morgan fingerprint density at radius 1 is 1.20 bits per heavy atom. The second-order valence-corrected chi connectivity index (χ2v) is 3.02. The van der Waals surface area contributed by atoms with Gasteiger partial charge in [0.25, 0.3) is 0 Å². The van der Waals surface area contributed by atoms with E-state index in [4.69, 9.17) is 9.84 Å². The molecule has 0 saturated heterocycles. The molecule has 4 nitrogen and oxygen atoms in total. The molecule has 80 valence electrons. The average Bonchev–Trinajstić information content (AvgIpc) is 2.26. The van der Waals surface area contributed by atoms with Gasteiger partial charge in [-0.3, -0.25) is 0 Å². The molecule has 15 heavy (non-hydrogen) atoms. The van der Waals surface area contributed by atoms with Crippen molar-refractivity contribution < 1.29 is 19.4 Å². The van der Waals surface area contributed by atoms with Crippen LogP contribution >= 0.6 is 0 Å². The van der Waals surface area contributed by atoms with Crippen molar-refractivity contribution in [3.8, 4) is 0 Å². The minimum Gasteiger partial charge on any atom is -0.478 e. The number of rotatable bonds is 4. The highest BCUT2D eigenvalue weighted by Crippen LogP contribution is 2.06. The topological polar surface area (TPSA) is 63.6 Å². The summed E-state index contributed by atoms with van der Waals surface area (Å²) in [5, 5.41) is 8.64. The number of carbonyl (C=O) groups is 2. The lowest BCUT2D eigenvalue weighted by Crippen LogP contribution is -2.06. The van der Waals surface area contributed by atoms with Gasteiger partial charge >= 0.3 is 11.9 Å². The van der Waals surface area contributed by atoms with Crippen LogP contribution < -0.4 is 0 Å². The molecular weight excluding hydrogens is 196 g/mol. The highest BCUT2D eigenvalue weighted by atomic mass is 16.5. The van der Waals surface area contributed by atoms with E-state index in [0.717, 1.165) is 6.42 Å². The fraction of sp³-hybridized carbons (Fsp3) is 0.273. The number of carbonyl (C=O) groups excluding carboxylic acids is 1. The number of esters is 1. The SMILES string of the molecule is CCCOC(=O)c1ccc(C(=O)O)cc1. The molecule has 0 atom stereocenters. The van der Waals surface area contributed by atoms with Crippen LogP contribution in [0.3, 0.4) is 0 Å². The molecule has 1 aromatic carbocycles. The van der Waals surface area contributed by atoms with E-state index in [2.05, 4.69) is 0 Å². The molecule has 0 aliphatic heterocycles. The van der Waals surface area contributed by atoms with Crippen molar-refractivity contribution in [1.82, 2.24) is 0 Å². The lowest BCUT2D eigenvalue weighted by Gasteiger charge is -2.02. The standard InChI is InChI=1S/C11H12O4/c1-2-7-15-11(14)9-5-3-8(4-6-9)10(12)13/h3-6H,2,7H2,1H3,(H,12,13). The number of benzene rings is 1. The zero-order valence-corrected chi connectivity index (χ0v) is 8.40. The molecule has 0 heterocycles. The van der Waals surface area contributed by atoms with Gasteiger partial charge in [0.05, 0.1) is 17.7 Å². The highest BCUT2D eigenvalue weighted by molar-refractivity contribution is 5.92. The van der Waals surface area contributed by atoms with E-state index >= 15 is 0 Å². The van der Waals surface area contributed by atoms with Gasteiger partial charge in [0.2, 0.25) is 0 Å².